The molecule has 0 heterocycles. The highest BCUT2D eigenvalue weighted by Gasteiger charge is 2.30. The van der Waals surface area contributed by atoms with Crippen LogP contribution in [0, 0.1) is 0 Å². The van der Waals surface area contributed by atoms with Crippen LogP contribution in [0.3, 0.4) is 0 Å². The average molecular weight is 202 g/mol. The summed E-state index contributed by atoms with van der Waals surface area (Å²) in [6.07, 6.45) is 3.14. The van der Waals surface area contributed by atoms with E-state index in [4.69, 9.17) is 5.73 Å². The normalized spacial score (nSPS) is 19.5. The van der Waals surface area contributed by atoms with Gasteiger partial charge in [0.2, 0.25) is 0 Å². The van der Waals surface area contributed by atoms with Crippen LogP contribution in [-0.4, -0.2) is 36.5 Å². The van der Waals surface area contributed by atoms with E-state index in [2.05, 4.69) is 10.1 Å². The lowest BCUT2D eigenvalue weighted by atomic mass is 10.0. The topological polar surface area (TPSA) is 84.6 Å². The molecular formula is C9H18N2O3. The molecule has 1 fully saturated rings. The third kappa shape index (κ3) is 3.93. The maximum Gasteiger partial charge on any atom is 0.404 e. The molecular weight excluding hydrogens is 184 g/mol. The van der Waals surface area contributed by atoms with Crippen LogP contribution in [0.15, 0.2) is 0 Å². The first-order valence-electron chi connectivity index (χ1n) is 4.98. The molecule has 5 nitrogen and oxygen atoms in total. The monoisotopic (exact) mass is 202 g/mol. The summed E-state index contributed by atoms with van der Waals surface area (Å²) in [5.74, 6) is 0. The molecule has 0 unspecified atom stereocenters. The number of aliphatic hydroxyl groups is 1. The summed E-state index contributed by atoms with van der Waals surface area (Å²) in [5.41, 5.74) is 4.24. The van der Waals surface area contributed by atoms with Crippen LogP contribution in [0.25, 0.3) is 0 Å². The van der Waals surface area contributed by atoms with Gasteiger partial charge in [0.15, 0.2) is 0 Å². The largest absolute Gasteiger partial charge is 0.448 e. The first-order chi connectivity index (χ1) is 6.62. The second kappa shape index (κ2) is 5.17. The Labute approximate surface area is 83.6 Å². The summed E-state index contributed by atoms with van der Waals surface area (Å²) in [6, 6.07) is 0. The summed E-state index contributed by atoms with van der Waals surface area (Å²) in [4.78, 5) is 10.2. The van der Waals surface area contributed by atoms with Gasteiger partial charge >= 0.3 is 6.09 Å². The van der Waals surface area contributed by atoms with Gasteiger partial charge in [0, 0.05) is 13.1 Å². The van der Waals surface area contributed by atoms with E-state index in [-0.39, 0.29) is 6.61 Å². The Morgan fingerprint density at radius 1 is 1.50 bits per heavy atom. The van der Waals surface area contributed by atoms with Crippen molar-refractivity contribution >= 4 is 6.09 Å². The molecule has 0 aromatic rings. The molecule has 1 aliphatic carbocycles. The van der Waals surface area contributed by atoms with E-state index in [1.165, 1.54) is 0 Å². The van der Waals surface area contributed by atoms with E-state index >= 15 is 0 Å². The summed E-state index contributed by atoms with van der Waals surface area (Å²) in [5, 5.41) is 12.9. The second-order valence-corrected chi connectivity index (χ2v) is 3.78. The van der Waals surface area contributed by atoms with E-state index in [9.17, 15) is 9.90 Å². The van der Waals surface area contributed by atoms with Crippen LogP contribution in [0.5, 0.6) is 0 Å². The fraction of sp³-hybridized carbons (Fsp3) is 0.889. The number of carbonyl (C=O) groups is 1. The Balaban J connectivity index is 2.00. The molecule has 0 saturated heterocycles. The Hall–Kier alpha value is -0.810. The SMILES string of the molecule is NC(=O)OCCNCC1(O)CCCC1. The standard InChI is InChI=1S/C9H18N2O3/c10-8(12)14-6-5-11-7-9(13)3-1-2-4-9/h11,13H,1-7H2,(H2,10,12). The number of hydrogen-bond donors (Lipinski definition) is 3. The van der Waals surface area contributed by atoms with Gasteiger partial charge in [-0.15, -0.1) is 0 Å². The summed E-state index contributed by atoms with van der Waals surface area (Å²) < 4.78 is 4.53. The van der Waals surface area contributed by atoms with Crippen LogP contribution >= 0.6 is 0 Å². The van der Waals surface area contributed by atoms with Gasteiger partial charge in [0.1, 0.15) is 6.61 Å². The van der Waals surface area contributed by atoms with Crippen molar-refractivity contribution in [1.29, 1.82) is 0 Å². The summed E-state index contributed by atoms with van der Waals surface area (Å²) in [7, 11) is 0. The lowest BCUT2D eigenvalue weighted by Crippen LogP contribution is -2.39. The fourth-order valence-electron chi connectivity index (χ4n) is 1.75. The van der Waals surface area contributed by atoms with Gasteiger partial charge in [0.05, 0.1) is 5.60 Å². The maximum absolute atomic E-state index is 10.2. The van der Waals surface area contributed by atoms with Gasteiger partial charge in [0.25, 0.3) is 0 Å². The number of rotatable bonds is 5. The van der Waals surface area contributed by atoms with Gasteiger partial charge in [-0.25, -0.2) is 4.79 Å². The zero-order valence-corrected chi connectivity index (χ0v) is 8.29. The van der Waals surface area contributed by atoms with Crippen molar-refractivity contribution in [3.8, 4) is 0 Å². The number of primary amides is 1. The minimum atomic E-state index is -0.758. The molecule has 0 aromatic heterocycles. The zero-order valence-electron chi connectivity index (χ0n) is 8.29. The van der Waals surface area contributed by atoms with E-state index in [0.29, 0.717) is 13.1 Å². The Morgan fingerprint density at radius 3 is 2.71 bits per heavy atom. The van der Waals surface area contributed by atoms with Crippen molar-refractivity contribution < 1.29 is 14.6 Å². The molecule has 14 heavy (non-hydrogen) atoms. The molecule has 1 rings (SSSR count). The number of carbonyl (C=O) groups excluding carboxylic acids is 1. The summed E-state index contributed by atoms with van der Waals surface area (Å²) >= 11 is 0. The van der Waals surface area contributed by atoms with Gasteiger partial charge in [-0.2, -0.15) is 0 Å². The minimum absolute atomic E-state index is 0.255. The van der Waals surface area contributed by atoms with Crippen LogP contribution in [-0.2, 0) is 4.74 Å². The highest BCUT2D eigenvalue weighted by atomic mass is 16.5. The molecule has 0 spiro atoms. The number of hydrogen-bond acceptors (Lipinski definition) is 4. The van der Waals surface area contributed by atoms with E-state index in [0.717, 1.165) is 25.7 Å². The van der Waals surface area contributed by atoms with E-state index < -0.39 is 11.7 Å². The van der Waals surface area contributed by atoms with Crippen LogP contribution in [0.1, 0.15) is 25.7 Å². The number of ether oxygens (including phenoxy) is 1. The number of nitrogens with one attached hydrogen (secondary N) is 1. The van der Waals surface area contributed by atoms with Crippen LogP contribution < -0.4 is 11.1 Å². The average Bonchev–Trinajstić information content (AvgIpc) is 2.51. The van der Waals surface area contributed by atoms with Gasteiger partial charge in [-0.05, 0) is 12.8 Å². The van der Waals surface area contributed by atoms with Crippen molar-refractivity contribution in [1.82, 2.24) is 5.32 Å². The second-order valence-electron chi connectivity index (χ2n) is 3.78. The van der Waals surface area contributed by atoms with Crippen molar-refractivity contribution in [2.75, 3.05) is 19.7 Å². The lowest BCUT2D eigenvalue weighted by molar-refractivity contribution is 0.0465. The van der Waals surface area contributed by atoms with Crippen LogP contribution in [0.2, 0.25) is 0 Å². The third-order valence-corrected chi connectivity index (χ3v) is 2.51. The Kier molecular flexibility index (Phi) is 4.16. The van der Waals surface area contributed by atoms with E-state index in [1.807, 2.05) is 0 Å². The molecule has 5 heteroatoms. The maximum atomic E-state index is 10.2. The van der Waals surface area contributed by atoms with E-state index in [1.54, 1.807) is 0 Å². The third-order valence-electron chi connectivity index (χ3n) is 2.51. The molecule has 82 valence electrons. The smallest absolute Gasteiger partial charge is 0.404 e. The molecule has 0 aromatic carbocycles. The fourth-order valence-corrected chi connectivity index (χ4v) is 1.75. The zero-order chi connectivity index (χ0) is 10.4. The number of nitrogens with two attached hydrogens (primary N) is 1. The molecule has 0 atom stereocenters. The van der Waals surface area contributed by atoms with Gasteiger partial charge in [-0.1, -0.05) is 12.8 Å². The highest BCUT2D eigenvalue weighted by molar-refractivity contribution is 5.64. The first-order valence-corrected chi connectivity index (χ1v) is 4.98. The molecule has 0 radical (unpaired) electrons. The quantitative estimate of drug-likeness (QED) is 0.547. The van der Waals surface area contributed by atoms with Crippen molar-refractivity contribution in [3.63, 3.8) is 0 Å². The molecule has 1 aliphatic rings. The molecule has 4 N–H and O–H groups in total. The number of amides is 1. The predicted octanol–water partition coefficient (Wildman–Crippen LogP) is -0.0236. The Morgan fingerprint density at radius 2 is 2.14 bits per heavy atom. The van der Waals surface area contributed by atoms with Crippen LogP contribution in [0.4, 0.5) is 4.79 Å². The highest BCUT2D eigenvalue weighted by Crippen LogP contribution is 2.28. The van der Waals surface area contributed by atoms with Crippen molar-refractivity contribution in [2.45, 2.75) is 31.3 Å². The summed E-state index contributed by atoms with van der Waals surface area (Å²) in [6.45, 7) is 1.35. The van der Waals surface area contributed by atoms with Gasteiger partial charge < -0.3 is 20.9 Å². The minimum Gasteiger partial charge on any atom is -0.448 e. The lowest BCUT2D eigenvalue weighted by Gasteiger charge is -2.22. The first kappa shape index (κ1) is 11.3. The van der Waals surface area contributed by atoms with Crippen molar-refractivity contribution in [3.05, 3.63) is 0 Å². The molecule has 1 saturated carbocycles. The van der Waals surface area contributed by atoms with Gasteiger partial charge in [-0.3, -0.25) is 0 Å². The predicted molar refractivity (Wildman–Crippen MR) is 51.8 cm³/mol. The van der Waals surface area contributed by atoms with Crippen molar-refractivity contribution in [2.24, 2.45) is 5.73 Å². The molecule has 1 amide bonds. The molecule has 0 aliphatic heterocycles. The Bertz CT molecular complexity index is 190. The molecule has 0 bridgehead atoms.